The molecule has 0 aromatic heterocycles. The molecule has 4 nitrogen and oxygen atoms in total. The maximum atomic E-state index is 5.69. The average molecular weight is 276 g/mol. The van der Waals surface area contributed by atoms with Gasteiger partial charge in [-0.25, -0.2) is 0 Å². The van der Waals surface area contributed by atoms with E-state index in [0.717, 1.165) is 13.0 Å². The Bertz CT molecular complexity index is 197. The standard InChI is InChI=1S/C15H32O4/c1-7-8-16-13(4)10-18-15(6)11-19-14(5)9-17-12(2)3/h12-15H,7-11H2,1-6H3. The van der Waals surface area contributed by atoms with Gasteiger partial charge in [0.05, 0.1) is 44.2 Å². The Hall–Kier alpha value is -0.160. The Morgan fingerprint density at radius 2 is 1.05 bits per heavy atom. The minimum absolute atomic E-state index is 0.0779. The van der Waals surface area contributed by atoms with Crippen molar-refractivity contribution in [1.82, 2.24) is 0 Å². The maximum absolute atomic E-state index is 5.69. The third kappa shape index (κ3) is 12.6. The van der Waals surface area contributed by atoms with Crippen LogP contribution in [0.5, 0.6) is 0 Å². The second-order valence-electron chi connectivity index (χ2n) is 5.35. The predicted molar refractivity (Wildman–Crippen MR) is 77.6 cm³/mol. The zero-order valence-corrected chi connectivity index (χ0v) is 13.5. The second-order valence-corrected chi connectivity index (χ2v) is 5.35. The Morgan fingerprint density at radius 1 is 0.632 bits per heavy atom. The van der Waals surface area contributed by atoms with Gasteiger partial charge in [0.2, 0.25) is 0 Å². The van der Waals surface area contributed by atoms with Gasteiger partial charge in [0, 0.05) is 6.61 Å². The van der Waals surface area contributed by atoms with Gasteiger partial charge in [-0.3, -0.25) is 0 Å². The lowest BCUT2D eigenvalue weighted by molar-refractivity contribution is -0.0842. The highest BCUT2D eigenvalue weighted by atomic mass is 16.6. The van der Waals surface area contributed by atoms with E-state index >= 15 is 0 Å². The molecule has 0 aliphatic rings. The molecule has 0 spiro atoms. The molecular weight excluding hydrogens is 244 g/mol. The molecule has 19 heavy (non-hydrogen) atoms. The van der Waals surface area contributed by atoms with E-state index in [1.165, 1.54) is 0 Å². The average Bonchev–Trinajstić information content (AvgIpc) is 2.37. The molecule has 0 saturated heterocycles. The van der Waals surface area contributed by atoms with Crippen LogP contribution in [0.2, 0.25) is 0 Å². The van der Waals surface area contributed by atoms with E-state index in [4.69, 9.17) is 18.9 Å². The van der Waals surface area contributed by atoms with Gasteiger partial charge in [-0.1, -0.05) is 6.92 Å². The largest absolute Gasteiger partial charge is 0.376 e. The first-order valence-electron chi connectivity index (χ1n) is 7.42. The van der Waals surface area contributed by atoms with Gasteiger partial charge in [0.1, 0.15) is 0 Å². The number of hydrogen-bond acceptors (Lipinski definition) is 4. The van der Waals surface area contributed by atoms with E-state index in [2.05, 4.69) is 6.92 Å². The predicted octanol–water partition coefficient (Wildman–Crippen LogP) is 3.04. The topological polar surface area (TPSA) is 36.9 Å². The molecule has 0 N–H and O–H groups in total. The summed E-state index contributed by atoms with van der Waals surface area (Å²) in [6.45, 7) is 14.8. The van der Waals surface area contributed by atoms with Gasteiger partial charge < -0.3 is 18.9 Å². The molecule has 0 bridgehead atoms. The fraction of sp³-hybridized carbons (Fsp3) is 1.00. The molecule has 0 aromatic carbocycles. The molecule has 0 heterocycles. The van der Waals surface area contributed by atoms with Crippen LogP contribution in [-0.2, 0) is 18.9 Å². The molecule has 0 aromatic rings. The quantitative estimate of drug-likeness (QED) is 0.549. The van der Waals surface area contributed by atoms with Crippen LogP contribution in [-0.4, -0.2) is 50.8 Å². The first-order valence-corrected chi connectivity index (χ1v) is 7.42. The minimum atomic E-state index is 0.0779. The van der Waals surface area contributed by atoms with E-state index in [-0.39, 0.29) is 24.4 Å². The van der Waals surface area contributed by atoms with Crippen LogP contribution in [0.3, 0.4) is 0 Å². The Balaban J connectivity index is 3.54. The molecule has 0 saturated carbocycles. The fourth-order valence-corrected chi connectivity index (χ4v) is 1.39. The van der Waals surface area contributed by atoms with Crippen LogP contribution >= 0.6 is 0 Å². The summed E-state index contributed by atoms with van der Waals surface area (Å²) >= 11 is 0. The highest BCUT2D eigenvalue weighted by molar-refractivity contribution is 4.55. The summed E-state index contributed by atoms with van der Waals surface area (Å²) in [7, 11) is 0. The van der Waals surface area contributed by atoms with Crippen LogP contribution < -0.4 is 0 Å². The highest BCUT2D eigenvalue weighted by Crippen LogP contribution is 2.01. The smallest absolute Gasteiger partial charge is 0.0781 e. The molecule has 116 valence electrons. The summed E-state index contributed by atoms with van der Waals surface area (Å²) in [5, 5.41) is 0. The van der Waals surface area contributed by atoms with E-state index < -0.39 is 0 Å². The van der Waals surface area contributed by atoms with Gasteiger partial charge in [0.25, 0.3) is 0 Å². The molecular formula is C15H32O4. The lowest BCUT2D eigenvalue weighted by atomic mass is 10.3. The van der Waals surface area contributed by atoms with Gasteiger partial charge in [-0.2, -0.15) is 0 Å². The molecule has 3 unspecified atom stereocenters. The third-order valence-corrected chi connectivity index (χ3v) is 2.50. The minimum Gasteiger partial charge on any atom is -0.376 e. The Morgan fingerprint density at radius 3 is 1.47 bits per heavy atom. The highest BCUT2D eigenvalue weighted by Gasteiger charge is 2.10. The van der Waals surface area contributed by atoms with E-state index in [1.54, 1.807) is 0 Å². The third-order valence-electron chi connectivity index (χ3n) is 2.50. The van der Waals surface area contributed by atoms with Crippen LogP contribution in [0.25, 0.3) is 0 Å². The summed E-state index contributed by atoms with van der Waals surface area (Å²) in [5.74, 6) is 0. The van der Waals surface area contributed by atoms with Crippen molar-refractivity contribution in [2.75, 3.05) is 26.4 Å². The molecule has 4 heteroatoms. The summed E-state index contributed by atoms with van der Waals surface area (Å²) in [4.78, 5) is 0. The van der Waals surface area contributed by atoms with Crippen molar-refractivity contribution < 1.29 is 18.9 Å². The first kappa shape index (κ1) is 18.8. The normalized spacial score (nSPS) is 16.6. The van der Waals surface area contributed by atoms with Crippen molar-refractivity contribution in [3.8, 4) is 0 Å². The zero-order valence-electron chi connectivity index (χ0n) is 13.5. The van der Waals surface area contributed by atoms with Gasteiger partial charge in [-0.05, 0) is 41.0 Å². The summed E-state index contributed by atoms with van der Waals surface area (Å²) in [5.41, 5.74) is 0. The lowest BCUT2D eigenvalue weighted by Crippen LogP contribution is -2.27. The van der Waals surface area contributed by atoms with Gasteiger partial charge >= 0.3 is 0 Å². The Kier molecular flexibility index (Phi) is 11.6. The molecule has 3 atom stereocenters. The molecule has 0 radical (unpaired) electrons. The van der Waals surface area contributed by atoms with E-state index in [1.807, 2.05) is 34.6 Å². The molecule has 0 fully saturated rings. The monoisotopic (exact) mass is 276 g/mol. The van der Waals surface area contributed by atoms with Crippen molar-refractivity contribution in [2.45, 2.75) is 72.4 Å². The molecule has 0 amide bonds. The van der Waals surface area contributed by atoms with Crippen molar-refractivity contribution in [3.63, 3.8) is 0 Å². The zero-order chi connectivity index (χ0) is 14.7. The molecule has 0 aliphatic heterocycles. The van der Waals surface area contributed by atoms with Crippen molar-refractivity contribution >= 4 is 0 Å². The van der Waals surface area contributed by atoms with Crippen LogP contribution in [0, 0.1) is 0 Å². The second kappa shape index (κ2) is 11.6. The van der Waals surface area contributed by atoms with Crippen molar-refractivity contribution in [2.24, 2.45) is 0 Å². The maximum Gasteiger partial charge on any atom is 0.0781 e. The summed E-state index contributed by atoms with van der Waals surface area (Å²) in [6.07, 6.45) is 1.60. The van der Waals surface area contributed by atoms with E-state index in [9.17, 15) is 0 Å². The van der Waals surface area contributed by atoms with Crippen molar-refractivity contribution in [1.29, 1.82) is 0 Å². The SMILES string of the molecule is CCCOC(C)COC(C)COC(C)COC(C)C. The Labute approximate surface area is 118 Å². The van der Waals surface area contributed by atoms with Crippen LogP contribution in [0.1, 0.15) is 48.0 Å². The molecule has 0 rings (SSSR count). The number of rotatable bonds is 12. The summed E-state index contributed by atoms with van der Waals surface area (Å²) in [6, 6.07) is 0. The number of hydrogen-bond donors (Lipinski definition) is 0. The number of ether oxygens (including phenoxy) is 4. The summed E-state index contributed by atoms with van der Waals surface area (Å²) < 4.78 is 22.4. The van der Waals surface area contributed by atoms with Gasteiger partial charge in [0.15, 0.2) is 0 Å². The van der Waals surface area contributed by atoms with Crippen molar-refractivity contribution in [3.05, 3.63) is 0 Å². The van der Waals surface area contributed by atoms with Crippen LogP contribution in [0.15, 0.2) is 0 Å². The fourth-order valence-electron chi connectivity index (χ4n) is 1.39. The molecule has 0 aliphatic carbocycles. The van der Waals surface area contributed by atoms with Crippen LogP contribution in [0.4, 0.5) is 0 Å². The van der Waals surface area contributed by atoms with Gasteiger partial charge in [-0.15, -0.1) is 0 Å². The first-order chi connectivity index (χ1) is 8.95. The van der Waals surface area contributed by atoms with E-state index in [0.29, 0.717) is 19.8 Å². The lowest BCUT2D eigenvalue weighted by Gasteiger charge is -2.20.